The summed E-state index contributed by atoms with van der Waals surface area (Å²) in [7, 11) is 0. The number of alkyl halides is 2. The van der Waals surface area contributed by atoms with Gasteiger partial charge in [0, 0.05) is 37.1 Å². The zero-order chi connectivity index (χ0) is 32.5. The minimum absolute atomic E-state index is 0.290. The lowest BCUT2D eigenvalue weighted by atomic mass is 9.55. The van der Waals surface area contributed by atoms with Crippen LogP contribution >= 0.6 is 23.2 Å². The van der Waals surface area contributed by atoms with Gasteiger partial charge in [-0.1, -0.05) is 55.5 Å². The predicted octanol–water partition coefficient (Wildman–Crippen LogP) is 9.83. The molecule has 6 rings (SSSR count). The summed E-state index contributed by atoms with van der Waals surface area (Å²) in [5, 5.41) is 0. The number of hydrogen-bond acceptors (Lipinski definition) is 4. The summed E-state index contributed by atoms with van der Waals surface area (Å²) in [6.45, 7) is 6.99. The lowest BCUT2D eigenvalue weighted by Crippen LogP contribution is -2.44. The molecule has 2 fully saturated rings. The molecule has 0 heterocycles. The molecule has 254 valence electrons. The molecule has 4 nitrogen and oxygen atoms in total. The van der Waals surface area contributed by atoms with Crippen LogP contribution in [0.3, 0.4) is 0 Å². The fraction of sp³-hybridized carbons (Fsp3) is 0.561. The maximum atomic E-state index is 6.58. The van der Waals surface area contributed by atoms with Crippen LogP contribution in [-0.4, -0.2) is 50.8 Å². The summed E-state index contributed by atoms with van der Waals surface area (Å²) in [6, 6.07) is 26.2. The Kier molecular flexibility index (Phi) is 12.5. The molecule has 3 aliphatic carbocycles. The smallest absolute Gasteiger partial charge is 0.120 e. The van der Waals surface area contributed by atoms with Crippen molar-refractivity contribution in [3.8, 4) is 5.75 Å². The van der Waals surface area contributed by atoms with E-state index in [2.05, 4.69) is 84.6 Å². The molecule has 3 aliphatic rings. The van der Waals surface area contributed by atoms with Crippen molar-refractivity contribution in [2.75, 3.05) is 49.6 Å². The standard InChI is InChI=1S/C41H53Cl2NO3/c1-41-21-20-37-36-17-15-35(47-30-32-8-3-2-4-9-32)29-33(36)12-16-38(37)39(41)18-19-40(41)46-28-27-45-26-6-5-7-31-10-13-34(14-11-31)44(24-22-42)25-23-43/h2-4,8-11,13-15,17,29,37-40H,5-7,12,16,18-28,30H2,1H3/t37?,38?,39?,40?,41-/m0/s1. The molecular weight excluding hydrogens is 625 g/mol. The third-order valence-corrected chi connectivity index (χ3v) is 11.8. The highest BCUT2D eigenvalue weighted by atomic mass is 35.5. The van der Waals surface area contributed by atoms with Gasteiger partial charge in [-0.2, -0.15) is 0 Å². The minimum atomic E-state index is 0.290. The molecule has 3 aromatic rings. The van der Waals surface area contributed by atoms with Crippen molar-refractivity contribution in [2.45, 2.75) is 83.3 Å². The van der Waals surface area contributed by atoms with Crippen LogP contribution < -0.4 is 9.64 Å². The Morgan fingerprint density at radius 2 is 1.62 bits per heavy atom. The lowest BCUT2D eigenvalue weighted by molar-refractivity contribution is -0.0771. The highest BCUT2D eigenvalue weighted by Gasteiger charge is 2.55. The van der Waals surface area contributed by atoms with Gasteiger partial charge in [0.2, 0.25) is 0 Å². The molecule has 0 aliphatic heterocycles. The Morgan fingerprint density at radius 3 is 2.40 bits per heavy atom. The molecule has 0 amide bonds. The van der Waals surface area contributed by atoms with E-state index in [9.17, 15) is 0 Å². The first-order chi connectivity index (χ1) is 23.1. The van der Waals surface area contributed by atoms with Crippen LogP contribution in [0.15, 0.2) is 72.8 Å². The third kappa shape index (κ3) is 8.50. The second-order valence-electron chi connectivity index (χ2n) is 14.1. The van der Waals surface area contributed by atoms with E-state index in [1.54, 1.807) is 5.56 Å². The monoisotopic (exact) mass is 677 g/mol. The van der Waals surface area contributed by atoms with Gasteiger partial charge >= 0.3 is 0 Å². The first-order valence-electron chi connectivity index (χ1n) is 18.0. The number of hydrogen-bond donors (Lipinski definition) is 0. The second-order valence-corrected chi connectivity index (χ2v) is 14.9. The molecule has 5 atom stereocenters. The normalized spacial score (nSPS) is 24.7. The Balaban J connectivity index is 0.898. The number of unbranched alkanes of at least 4 members (excludes halogenated alkanes) is 1. The number of anilines is 1. The predicted molar refractivity (Wildman–Crippen MR) is 195 cm³/mol. The molecule has 47 heavy (non-hydrogen) atoms. The van der Waals surface area contributed by atoms with Crippen LogP contribution in [-0.2, 0) is 28.9 Å². The van der Waals surface area contributed by atoms with Crippen LogP contribution in [0.2, 0.25) is 0 Å². The summed E-state index contributed by atoms with van der Waals surface area (Å²) >= 11 is 11.9. The molecule has 6 heteroatoms. The number of aryl methyl sites for hydroxylation is 2. The van der Waals surface area contributed by atoms with Crippen LogP contribution in [0.5, 0.6) is 5.75 Å². The first-order valence-corrected chi connectivity index (χ1v) is 19.1. The number of nitrogens with zero attached hydrogens (tertiary/aromatic N) is 1. The van der Waals surface area contributed by atoms with E-state index >= 15 is 0 Å². The van der Waals surface area contributed by atoms with Crippen molar-refractivity contribution < 1.29 is 14.2 Å². The van der Waals surface area contributed by atoms with E-state index in [-0.39, 0.29) is 5.41 Å². The quantitative estimate of drug-likeness (QED) is 0.105. The molecule has 2 saturated carbocycles. The third-order valence-electron chi connectivity index (χ3n) is 11.4. The van der Waals surface area contributed by atoms with Crippen molar-refractivity contribution in [2.24, 2.45) is 17.3 Å². The van der Waals surface area contributed by atoms with Crippen molar-refractivity contribution >= 4 is 28.9 Å². The molecule has 0 radical (unpaired) electrons. The summed E-state index contributed by atoms with van der Waals surface area (Å²) in [6.07, 6.45) is 11.1. The molecule has 0 saturated heterocycles. The highest BCUT2D eigenvalue weighted by Crippen LogP contribution is 2.61. The molecule has 4 unspecified atom stereocenters. The first kappa shape index (κ1) is 34.6. The largest absolute Gasteiger partial charge is 0.489 e. The Bertz CT molecular complexity index is 1380. The second kappa shape index (κ2) is 16.9. The van der Waals surface area contributed by atoms with Gasteiger partial charge < -0.3 is 19.1 Å². The average Bonchev–Trinajstić information content (AvgIpc) is 3.45. The zero-order valence-corrected chi connectivity index (χ0v) is 29.7. The molecule has 0 bridgehead atoms. The molecule has 0 N–H and O–H groups in total. The maximum Gasteiger partial charge on any atom is 0.120 e. The van der Waals surface area contributed by atoms with Gasteiger partial charge in [0.05, 0.1) is 19.3 Å². The number of fused-ring (bicyclic) bond motifs is 5. The van der Waals surface area contributed by atoms with Crippen molar-refractivity contribution in [3.05, 3.63) is 95.1 Å². The van der Waals surface area contributed by atoms with Gasteiger partial charge in [-0.25, -0.2) is 0 Å². The highest BCUT2D eigenvalue weighted by molar-refractivity contribution is 6.18. The molecule has 0 spiro atoms. The van der Waals surface area contributed by atoms with E-state index in [1.165, 1.54) is 54.5 Å². The van der Waals surface area contributed by atoms with Crippen molar-refractivity contribution in [1.82, 2.24) is 0 Å². The Morgan fingerprint density at radius 1 is 0.809 bits per heavy atom. The van der Waals surface area contributed by atoms with E-state index in [4.69, 9.17) is 37.4 Å². The van der Waals surface area contributed by atoms with Gasteiger partial charge in [0.25, 0.3) is 0 Å². The van der Waals surface area contributed by atoms with Crippen molar-refractivity contribution in [1.29, 1.82) is 0 Å². The van der Waals surface area contributed by atoms with Gasteiger partial charge in [0.15, 0.2) is 0 Å². The maximum absolute atomic E-state index is 6.58. The number of rotatable bonds is 17. The summed E-state index contributed by atoms with van der Waals surface area (Å²) in [5.74, 6) is 4.42. The molecule has 3 aromatic carbocycles. The van der Waals surface area contributed by atoms with Gasteiger partial charge in [-0.05, 0) is 127 Å². The van der Waals surface area contributed by atoms with E-state index in [0.29, 0.717) is 43.6 Å². The number of ether oxygens (including phenoxy) is 3. The Labute approximate surface area is 293 Å². The van der Waals surface area contributed by atoms with Gasteiger partial charge in [-0.15, -0.1) is 23.2 Å². The molecule has 0 aromatic heterocycles. The minimum Gasteiger partial charge on any atom is -0.489 e. The number of halogens is 2. The lowest BCUT2D eigenvalue weighted by Gasteiger charge is -2.50. The fourth-order valence-corrected chi connectivity index (χ4v) is 9.36. The van der Waals surface area contributed by atoms with E-state index in [1.807, 2.05) is 0 Å². The van der Waals surface area contributed by atoms with E-state index < -0.39 is 0 Å². The SMILES string of the molecule is C[C@]12CCC3c4ccc(OCc5ccccc5)cc4CCC3C1CCC2OCCOCCCCc1ccc(N(CCCl)CCCl)cc1. The zero-order valence-electron chi connectivity index (χ0n) is 28.2. The van der Waals surface area contributed by atoms with Gasteiger partial charge in [-0.3, -0.25) is 0 Å². The molecular formula is C41H53Cl2NO3. The van der Waals surface area contributed by atoms with Gasteiger partial charge in [0.1, 0.15) is 12.4 Å². The van der Waals surface area contributed by atoms with Crippen molar-refractivity contribution in [3.63, 3.8) is 0 Å². The summed E-state index contributed by atoms with van der Waals surface area (Å²) in [5.41, 5.74) is 7.15. The van der Waals surface area contributed by atoms with Crippen LogP contribution in [0, 0.1) is 17.3 Å². The average molecular weight is 679 g/mol. The van der Waals surface area contributed by atoms with Crippen LogP contribution in [0.4, 0.5) is 5.69 Å². The Hall–Kier alpha value is -2.24. The van der Waals surface area contributed by atoms with Crippen LogP contribution in [0.1, 0.15) is 80.0 Å². The van der Waals surface area contributed by atoms with Crippen LogP contribution in [0.25, 0.3) is 0 Å². The number of benzene rings is 3. The van der Waals surface area contributed by atoms with E-state index in [0.717, 1.165) is 63.0 Å². The summed E-state index contributed by atoms with van der Waals surface area (Å²) < 4.78 is 18.8. The summed E-state index contributed by atoms with van der Waals surface area (Å²) in [4.78, 5) is 2.24. The topological polar surface area (TPSA) is 30.9 Å². The fourth-order valence-electron chi connectivity index (χ4n) is 8.95.